The van der Waals surface area contributed by atoms with Crippen molar-refractivity contribution in [2.45, 2.75) is 24.9 Å². The van der Waals surface area contributed by atoms with Crippen LogP contribution in [0.2, 0.25) is 0 Å². The van der Waals surface area contributed by atoms with Crippen molar-refractivity contribution < 1.29 is 14.0 Å². The number of amides is 2. The van der Waals surface area contributed by atoms with Crippen LogP contribution in [0.5, 0.6) is 0 Å². The number of rotatable bonds is 6. The second-order valence-electron chi connectivity index (χ2n) is 8.89. The molecule has 0 fully saturated rings. The predicted octanol–water partition coefficient (Wildman–Crippen LogP) is 6.74. The summed E-state index contributed by atoms with van der Waals surface area (Å²) in [4.78, 5) is 29.6. The second-order valence-corrected chi connectivity index (χ2v) is 9.97. The maximum Gasteiger partial charge on any atom is 0.265 e. The molecule has 0 unspecified atom stereocenters. The van der Waals surface area contributed by atoms with Crippen LogP contribution in [0.15, 0.2) is 107 Å². The molecule has 0 saturated heterocycles. The van der Waals surface area contributed by atoms with Gasteiger partial charge in [0.2, 0.25) is 0 Å². The van der Waals surface area contributed by atoms with Crippen LogP contribution in [0, 0.1) is 12.7 Å². The molecule has 2 amide bonds. The number of fused-ring (bicyclic) bond motifs is 1. The summed E-state index contributed by atoms with van der Waals surface area (Å²) >= 11 is 1.46. The third kappa shape index (κ3) is 5.81. The average molecular weight is 509 g/mol. The van der Waals surface area contributed by atoms with E-state index in [-0.39, 0.29) is 17.6 Å². The van der Waals surface area contributed by atoms with E-state index >= 15 is 0 Å². The zero-order chi connectivity index (χ0) is 25.8. The number of benzene rings is 4. The van der Waals surface area contributed by atoms with E-state index < -0.39 is 0 Å². The molecule has 1 aliphatic rings. The van der Waals surface area contributed by atoms with Gasteiger partial charge in [-0.15, -0.1) is 0 Å². The van der Waals surface area contributed by atoms with Gasteiger partial charge in [0, 0.05) is 17.0 Å². The molecule has 1 aliphatic heterocycles. The number of anilines is 1. The number of thioether (sulfide) groups is 1. The third-order valence-electron chi connectivity index (χ3n) is 6.09. The molecule has 4 nitrogen and oxygen atoms in total. The molecule has 4 aromatic carbocycles. The van der Waals surface area contributed by atoms with Crippen LogP contribution in [0.25, 0.3) is 6.08 Å². The molecule has 1 heterocycles. The Hall–Kier alpha value is -4.16. The summed E-state index contributed by atoms with van der Waals surface area (Å²) in [5.41, 5.74) is 5.30. The number of halogens is 1. The van der Waals surface area contributed by atoms with E-state index in [2.05, 4.69) is 11.4 Å². The molecule has 184 valence electrons. The van der Waals surface area contributed by atoms with Gasteiger partial charge in [-0.3, -0.25) is 9.59 Å². The van der Waals surface area contributed by atoms with Crippen LogP contribution in [0.1, 0.15) is 32.6 Å². The Morgan fingerprint density at radius 3 is 2.43 bits per heavy atom. The summed E-state index contributed by atoms with van der Waals surface area (Å²) in [5.74, 6) is -0.576. The van der Waals surface area contributed by atoms with Gasteiger partial charge in [-0.2, -0.15) is 0 Å². The average Bonchev–Trinajstić information content (AvgIpc) is 2.91. The number of hydrogen-bond acceptors (Lipinski definition) is 3. The van der Waals surface area contributed by atoms with Gasteiger partial charge < -0.3 is 10.2 Å². The van der Waals surface area contributed by atoms with Crippen molar-refractivity contribution in [3.05, 3.63) is 136 Å². The highest BCUT2D eigenvalue weighted by molar-refractivity contribution is 8.04. The van der Waals surface area contributed by atoms with Crippen LogP contribution < -0.4 is 10.2 Å². The lowest BCUT2D eigenvalue weighted by Crippen LogP contribution is -2.33. The zero-order valence-electron chi connectivity index (χ0n) is 20.3. The van der Waals surface area contributed by atoms with Gasteiger partial charge in [0.25, 0.3) is 11.8 Å². The van der Waals surface area contributed by atoms with Gasteiger partial charge in [0.15, 0.2) is 0 Å². The van der Waals surface area contributed by atoms with Gasteiger partial charge in [0.1, 0.15) is 5.82 Å². The SMILES string of the molecule is Cc1cccc(CN2C(=O)C(=Cc3ccc(C(=O)NCc4ccc(F)cc4)cc3)Sc3ccccc32)c1. The maximum absolute atomic E-state index is 13.5. The largest absolute Gasteiger partial charge is 0.348 e. The van der Waals surface area contributed by atoms with E-state index in [9.17, 15) is 14.0 Å². The zero-order valence-corrected chi connectivity index (χ0v) is 21.1. The summed E-state index contributed by atoms with van der Waals surface area (Å²) in [6.07, 6.45) is 1.87. The smallest absolute Gasteiger partial charge is 0.265 e. The molecular weight excluding hydrogens is 483 g/mol. The van der Waals surface area contributed by atoms with Gasteiger partial charge in [-0.1, -0.05) is 78.0 Å². The fourth-order valence-corrected chi connectivity index (χ4v) is 5.24. The van der Waals surface area contributed by atoms with Crippen LogP contribution in [0.4, 0.5) is 10.1 Å². The van der Waals surface area contributed by atoms with Crippen LogP contribution >= 0.6 is 11.8 Å². The molecule has 0 spiro atoms. The molecule has 37 heavy (non-hydrogen) atoms. The maximum atomic E-state index is 13.5. The highest BCUT2D eigenvalue weighted by atomic mass is 32.2. The molecule has 1 N–H and O–H groups in total. The number of nitrogens with one attached hydrogen (secondary N) is 1. The first-order valence-corrected chi connectivity index (χ1v) is 12.8. The lowest BCUT2D eigenvalue weighted by atomic mass is 10.1. The van der Waals surface area contributed by atoms with Crippen molar-refractivity contribution in [1.29, 1.82) is 0 Å². The van der Waals surface area contributed by atoms with Crippen molar-refractivity contribution in [2.24, 2.45) is 0 Å². The molecular formula is C31H25FN2O2S. The topological polar surface area (TPSA) is 49.4 Å². The Balaban J connectivity index is 1.33. The van der Waals surface area contributed by atoms with E-state index in [0.717, 1.165) is 32.8 Å². The van der Waals surface area contributed by atoms with Crippen LogP contribution in [0.3, 0.4) is 0 Å². The molecule has 5 rings (SSSR count). The number of carbonyl (C=O) groups excluding carboxylic acids is 2. The molecule has 0 atom stereocenters. The van der Waals surface area contributed by atoms with E-state index in [1.54, 1.807) is 24.3 Å². The van der Waals surface area contributed by atoms with Crippen molar-refractivity contribution in [3.8, 4) is 0 Å². The Morgan fingerprint density at radius 2 is 1.68 bits per heavy atom. The van der Waals surface area contributed by atoms with Crippen molar-refractivity contribution in [2.75, 3.05) is 4.90 Å². The normalized spacial score (nSPS) is 13.9. The van der Waals surface area contributed by atoms with Gasteiger partial charge in [-0.05, 0) is 66.1 Å². The van der Waals surface area contributed by atoms with Gasteiger partial charge in [-0.25, -0.2) is 4.39 Å². The summed E-state index contributed by atoms with van der Waals surface area (Å²) < 4.78 is 13.1. The lowest BCUT2D eigenvalue weighted by Gasteiger charge is -2.30. The van der Waals surface area contributed by atoms with Crippen molar-refractivity contribution in [3.63, 3.8) is 0 Å². The molecule has 0 bridgehead atoms. The highest BCUT2D eigenvalue weighted by Gasteiger charge is 2.29. The minimum Gasteiger partial charge on any atom is -0.348 e. The summed E-state index contributed by atoms with van der Waals surface area (Å²) in [6, 6.07) is 29.3. The second kappa shape index (κ2) is 10.8. The quantitative estimate of drug-likeness (QED) is 0.293. The minimum absolute atomic E-state index is 0.0497. The standard InChI is InChI=1S/C31H25FN2O2S/c1-21-5-4-6-24(17-21)20-34-27-7-2-3-8-28(27)37-29(31(34)36)18-22-9-13-25(14-10-22)30(35)33-19-23-11-15-26(32)16-12-23/h2-18H,19-20H2,1H3,(H,33,35). The fraction of sp³-hybridized carbons (Fsp3) is 0.0968. The molecule has 0 radical (unpaired) electrons. The lowest BCUT2D eigenvalue weighted by molar-refractivity contribution is -0.114. The summed E-state index contributed by atoms with van der Waals surface area (Å²) in [6.45, 7) is 2.85. The Bertz CT molecular complexity index is 1480. The monoisotopic (exact) mass is 508 g/mol. The Labute approximate surface area is 219 Å². The van der Waals surface area contributed by atoms with Crippen LogP contribution in [-0.2, 0) is 17.9 Å². The number of nitrogens with zero attached hydrogens (tertiary/aromatic N) is 1. The number of aryl methyl sites for hydroxylation is 1. The van der Waals surface area contributed by atoms with Crippen molar-refractivity contribution >= 4 is 35.3 Å². The number of carbonyl (C=O) groups is 2. The molecule has 0 aromatic heterocycles. The molecule has 0 saturated carbocycles. The Kier molecular flexibility index (Phi) is 7.19. The number of para-hydroxylation sites is 1. The third-order valence-corrected chi connectivity index (χ3v) is 7.17. The first-order chi connectivity index (χ1) is 18.0. The van der Waals surface area contributed by atoms with E-state index in [1.165, 1.54) is 23.9 Å². The fourth-order valence-electron chi connectivity index (χ4n) is 4.18. The molecule has 6 heteroatoms. The summed E-state index contributed by atoms with van der Waals surface area (Å²) in [7, 11) is 0. The predicted molar refractivity (Wildman–Crippen MR) is 147 cm³/mol. The van der Waals surface area contributed by atoms with E-state index in [0.29, 0.717) is 23.6 Å². The van der Waals surface area contributed by atoms with Gasteiger partial charge >= 0.3 is 0 Å². The van der Waals surface area contributed by atoms with E-state index in [1.807, 2.05) is 72.5 Å². The van der Waals surface area contributed by atoms with Crippen molar-refractivity contribution in [1.82, 2.24) is 5.32 Å². The number of hydrogen-bond donors (Lipinski definition) is 1. The first-order valence-electron chi connectivity index (χ1n) is 11.9. The first kappa shape index (κ1) is 24.5. The minimum atomic E-state index is -0.309. The molecule has 4 aromatic rings. The Morgan fingerprint density at radius 1 is 0.919 bits per heavy atom. The van der Waals surface area contributed by atoms with E-state index in [4.69, 9.17) is 0 Å². The van der Waals surface area contributed by atoms with Crippen LogP contribution in [-0.4, -0.2) is 11.8 Å². The highest BCUT2D eigenvalue weighted by Crippen LogP contribution is 2.42. The molecule has 0 aliphatic carbocycles. The summed E-state index contributed by atoms with van der Waals surface area (Å²) in [5, 5.41) is 2.84. The van der Waals surface area contributed by atoms with Gasteiger partial charge in [0.05, 0.1) is 17.1 Å².